The Morgan fingerprint density at radius 3 is 2.85 bits per heavy atom. The molecule has 0 radical (unpaired) electrons. The predicted molar refractivity (Wildman–Crippen MR) is 74.0 cm³/mol. The Kier molecular flexibility index (Phi) is 4.45. The lowest BCUT2D eigenvalue weighted by atomic mass is 10.2. The van der Waals surface area contributed by atoms with Gasteiger partial charge in [-0.3, -0.25) is 9.59 Å². The SMILES string of the molecule is CCN(CC)C(=O)COc1ccc2c(c1)NC(=O)CO2. The molecule has 0 atom stereocenters. The minimum absolute atomic E-state index is 0.0186. The highest BCUT2D eigenvalue weighted by atomic mass is 16.5. The summed E-state index contributed by atoms with van der Waals surface area (Å²) in [5.74, 6) is 0.865. The third-order valence-corrected chi connectivity index (χ3v) is 3.06. The van der Waals surface area contributed by atoms with E-state index < -0.39 is 0 Å². The molecular formula is C14H18N2O4. The normalized spacial score (nSPS) is 13.0. The maximum atomic E-state index is 11.8. The summed E-state index contributed by atoms with van der Waals surface area (Å²) in [6, 6.07) is 5.08. The molecule has 1 N–H and O–H groups in total. The number of carbonyl (C=O) groups excluding carboxylic acids is 2. The van der Waals surface area contributed by atoms with Crippen LogP contribution in [0.25, 0.3) is 0 Å². The molecule has 0 aliphatic carbocycles. The molecule has 6 heteroatoms. The van der Waals surface area contributed by atoms with Crippen LogP contribution in [0.2, 0.25) is 0 Å². The lowest BCUT2D eigenvalue weighted by Gasteiger charge is -2.20. The van der Waals surface area contributed by atoms with Gasteiger partial charge in [-0.2, -0.15) is 0 Å². The third kappa shape index (κ3) is 3.20. The van der Waals surface area contributed by atoms with Crippen LogP contribution in [0, 0.1) is 0 Å². The Morgan fingerprint density at radius 2 is 2.15 bits per heavy atom. The second-order valence-corrected chi connectivity index (χ2v) is 4.35. The van der Waals surface area contributed by atoms with E-state index in [0.717, 1.165) is 0 Å². The van der Waals surface area contributed by atoms with Crippen LogP contribution < -0.4 is 14.8 Å². The first-order valence-electron chi connectivity index (χ1n) is 6.61. The molecule has 0 aromatic heterocycles. The number of amides is 2. The summed E-state index contributed by atoms with van der Waals surface area (Å²) in [5.41, 5.74) is 0.564. The number of anilines is 1. The van der Waals surface area contributed by atoms with E-state index in [-0.39, 0.29) is 25.0 Å². The van der Waals surface area contributed by atoms with Gasteiger partial charge in [-0.15, -0.1) is 0 Å². The number of benzene rings is 1. The second-order valence-electron chi connectivity index (χ2n) is 4.35. The van der Waals surface area contributed by atoms with Gasteiger partial charge >= 0.3 is 0 Å². The zero-order valence-corrected chi connectivity index (χ0v) is 11.6. The molecule has 2 rings (SSSR count). The maximum Gasteiger partial charge on any atom is 0.262 e. The highest BCUT2D eigenvalue weighted by Crippen LogP contribution is 2.31. The number of likely N-dealkylation sites (N-methyl/N-ethyl adjacent to an activating group) is 1. The first-order chi connectivity index (χ1) is 9.63. The first-order valence-corrected chi connectivity index (χ1v) is 6.61. The summed E-state index contributed by atoms with van der Waals surface area (Å²) < 4.78 is 10.7. The monoisotopic (exact) mass is 278 g/mol. The van der Waals surface area contributed by atoms with Gasteiger partial charge in [-0.25, -0.2) is 0 Å². The quantitative estimate of drug-likeness (QED) is 0.880. The molecule has 1 aromatic carbocycles. The van der Waals surface area contributed by atoms with Crippen molar-refractivity contribution in [1.82, 2.24) is 4.90 Å². The molecule has 108 valence electrons. The van der Waals surface area contributed by atoms with Crippen LogP contribution in [0.1, 0.15) is 13.8 Å². The molecule has 6 nitrogen and oxygen atoms in total. The van der Waals surface area contributed by atoms with E-state index in [9.17, 15) is 9.59 Å². The molecule has 20 heavy (non-hydrogen) atoms. The molecule has 1 aliphatic heterocycles. The number of ether oxygens (including phenoxy) is 2. The van der Waals surface area contributed by atoms with E-state index in [1.165, 1.54) is 0 Å². The fourth-order valence-electron chi connectivity index (χ4n) is 1.96. The Balaban J connectivity index is 1.99. The van der Waals surface area contributed by atoms with Gasteiger partial charge in [-0.1, -0.05) is 0 Å². The molecule has 1 aromatic rings. The maximum absolute atomic E-state index is 11.8. The van der Waals surface area contributed by atoms with E-state index in [0.29, 0.717) is 30.3 Å². The molecule has 1 heterocycles. The molecule has 0 saturated heterocycles. The van der Waals surface area contributed by atoms with Gasteiger partial charge in [0.05, 0.1) is 5.69 Å². The van der Waals surface area contributed by atoms with Gasteiger partial charge in [0, 0.05) is 19.2 Å². The van der Waals surface area contributed by atoms with Crippen molar-refractivity contribution < 1.29 is 19.1 Å². The highest BCUT2D eigenvalue weighted by Gasteiger charge is 2.17. The van der Waals surface area contributed by atoms with Gasteiger partial charge < -0.3 is 19.7 Å². The minimum atomic E-state index is -0.200. The summed E-state index contributed by atoms with van der Waals surface area (Å²) in [5, 5.41) is 2.69. The topological polar surface area (TPSA) is 67.9 Å². The summed E-state index contributed by atoms with van der Waals surface area (Å²) in [4.78, 5) is 24.8. The summed E-state index contributed by atoms with van der Waals surface area (Å²) in [6.45, 7) is 5.17. The highest BCUT2D eigenvalue weighted by molar-refractivity contribution is 5.95. The molecule has 1 aliphatic rings. The smallest absolute Gasteiger partial charge is 0.262 e. The fraction of sp³-hybridized carbons (Fsp3) is 0.429. The van der Waals surface area contributed by atoms with Crippen molar-refractivity contribution in [3.63, 3.8) is 0 Å². The zero-order chi connectivity index (χ0) is 14.5. The van der Waals surface area contributed by atoms with Crippen LogP contribution >= 0.6 is 0 Å². The van der Waals surface area contributed by atoms with E-state index in [4.69, 9.17) is 9.47 Å². The van der Waals surface area contributed by atoms with Crippen molar-refractivity contribution in [3.05, 3.63) is 18.2 Å². The number of nitrogens with one attached hydrogen (secondary N) is 1. The van der Waals surface area contributed by atoms with Gasteiger partial charge in [0.15, 0.2) is 13.2 Å². The van der Waals surface area contributed by atoms with E-state index in [1.54, 1.807) is 23.1 Å². The van der Waals surface area contributed by atoms with Crippen molar-refractivity contribution in [2.24, 2.45) is 0 Å². The third-order valence-electron chi connectivity index (χ3n) is 3.06. The van der Waals surface area contributed by atoms with Crippen LogP contribution in [0.4, 0.5) is 5.69 Å². The fourth-order valence-corrected chi connectivity index (χ4v) is 1.96. The molecule has 0 unspecified atom stereocenters. The average Bonchev–Trinajstić information content (AvgIpc) is 2.46. The van der Waals surface area contributed by atoms with Gasteiger partial charge in [0.25, 0.3) is 11.8 Å². The molecule has 0 bridgehead atoms. The first kappa shape index (κ1) is 14.2. The Bertz CT molecular complexity index is 512. The van der Waals surface area contributed by atoms with Crippen LogP contribution in [-0.4, -0.2) is 43.0 Å². The Labute approximate surface area is 117 Å². The standard InChI is InChI=1S/C14H18N2O4/c1-3-16(4-2)14(18)9-19-10-5-6-12-11(7-10)15-13(17)8-20-12/h5-7H,3-4,8-9H2,1-2H3,(H,15,17). The molecule has 0 fully saturated rings. The van der Waals surface area contributed by atoms with Crippen molar-refractivity contribution in [2.45, 2.75) is 13.8 Å². The average molecular weight is 278 g/mol. The molecule has 0 spiro atoms. The molecular weight excluding hydrogens is 260 g/mol. The number of rotatable bonds is 5. The molecule has 2 amide bonds. The van der Waals surface area contributed by atoms with E-state index in [1.807, 2.05) is 13.8 Å². The summed E-state index contributed by atoms with van der Waals surface area (Å²) in [7, 11) is 0. The largest absolute Gasteiger partial charge is 0.484 e. The van der Waals surface area contributed by atoms with E-state index >= 15 is 0 Å². The number of hydrogen-bond acceptors (Lipinski definition) is 4. The summed E-state index contributed by atoms with van der Waals surface area (Å²) in [6.07, 6.45) is 0. The van der Waals surface area contributed by atoms with Gasteiger partial charge in [0.1, 0.15) is 11.5 Å². The molecule has 0 saturated carbocycles. The second kappa shape index (κ2) is 6.27. The van der Waals surface area contributed by atoms with Crippen molar-refractivity contribution in [1.29, 1.82) is 0 Å². The Hall–Kier alpha value is -2.24. The lowest BCUT2D eigenvalue weighted by molar-refractivity contribution is -0.133. The van der Waals surface area contributed by atoms with Gasteiger partial charge in [0.2, 0.25) is 0 Å². The van der Waals surface area contributed by atoms with Crippen molar-refractivity contribution in [3.8, 4) is 11.5 Å². The van der Waals surface area contributed by atoms with Crippen molar-refractivity contribution in [2.75, 3.05) is 31.6 Å². The van der Waals surface area contributed by atoms with Crippen LogP contribution in [0.3, 0.4) is 0 Å². The number of nitrogens with zero attached hydrogens (tertiary/aromatic N) is 1. The summed E-state index contributed by atoms with van der Waals surface area (Å²) >= 11 is 0. The van der Waals surface area contributed by atoms with Crippen LogP contribution in [0.15, 0.2) is 18.2 Å². The van der Waals surface area contributed by atoms with Crippen molar-refractivity contribution >= 4 is 17.5 Å². The van der Waals surface area contributed by atoms with Crippen LogP contribution in [-0.2, 0) is 9.59 Å². The minimum Gasteiger partial charge on any atom is -0.484 e. The Morgan fingerprint density at radius 1 is 1.40 bits per heavy atom. The number of fused-ring (bicyclic) bond motifs is 1. The number of hydrogen-bond donors (Lipinski definition) is 1. The van der Waals surface area contributed by atoms with Crippen LogP contribution in [0.5, 0.6) is 11.5 Å². The predicted octanol–water partition coefficient (Wildman–Crippen LogP) is 1.26. The van der Waals surface area contributed by atoms with Gasteiger partial charge in [-0.05, 0) is 26.0 Å². The number of carbonyl (C=O) groups is 2. The zero-order valence-electron chi connectivity index (χ0n) is 11.6. The van der Waals surface area contributed by atoms with E-state index in [2.05, 4.69) is 5.32 Å². The lowest BCUT2D eigenvalue weighted by Crippen LogP contribution is -2.34.